The third-order valence-corrected chi connectivity index (χ3v) is 4.11. The molecule has 1 unspecified atom stereocenters. The van der Waals surface area contributed by atoms with Crippen LogP contribution in [0.1, 0.15) is 23.6 Å². The fourth-order valence-electron chi connectivity index (χ4n) is 2.40. The fraction of sp³-hybridized carbons (Fsp3) is 0.333. The summed E-state index contributed by atoms with van der Waals surface area (Å²) >= 11 is 6.24. The molecule has 106 valence electrons. The van der Waals surface area contributed by atoms with Gasteiger partial charge in [0.15, 0.2) is 0 Å². The SMILES string of the molecule is CCc1ccc(CC(Cc2ccccc2Cl)NC)cc1. The van der Waals surface area contributed by atoms with Gasteiger partial charge < -0.3 is 5.32 Å². The lowest BCUT2D eigenvalue weighted by Crippen LogP contribution is -2.30. The Morgan fingerprint density at radius 3 is 2.20 bits per heavy atom. The van der Waals surface area contributed by atoms with Gasteiger partial charge >= 0.3 is 0 Å². The van der Waals surface area contributed by atoms with Gasteiger partial charge in [-0.3, -0.25) is 0 Å². The number of hydrogen-bond acceptors (Lipinski definition) is 1. The highest BCUT2D eigenvalue weighted by Gasteiger charge is 2.10. The number of nitrogens with one attached hydrogen (secondary N) is 1. The largest absolute Gasteiger partial charge is 0.316 e. The predicted octanol–water partition coefficient (Wildman–Crippen LogP) is 4.28. The number of hydrogen-bond donors (Lipinski definition) is 1. The van der Waals surface area contributed by atoms with E-state index in [0.29, 0.717) is 6.04 Å². The summed E-state index contributed by atoms with van der Waals surface area (Å²) in [4.78, 5) is 0. The first-order valence-corrected chi connectivity index (χ1v) is 7.59. The molecule has 0 radical (unpaired) electrons. The first kappa shape index (κ1) is 15.1. The highest BCUT2D eigenvalue weighted by Crippen LogP contribution is 2.18. The molecular weight excluding hydrogens is 266 g/mol. The second kappa shape index (κ2) is 7.47. The second-order valence-corrected chi connectivity index (χ2v) is 5.56. The van der Waals surface area contributed by atoms with Gasteiger partial charge in [0.05, 0.1) is 0 Å². The lowest BCUT2D eigenvalue weighted by molar-refractivity contribution is 0.556. The van der Waals surface area contributed by atoms with Gasteiger partial charge in [0.1, 0.15) is 0 Å². The van der Waals surface area contributed by atoms with E-state index in [-0.39, 0.29) is 0 Å². The van der Waals surface area contributed by atoms with E-state index in [1.807, 2.05) is 25.2 Å². The molecule has 0 amide bonds. The molecule has 0 aliphatic heterocycles. The smallest absolute Gasteiger partial charge is 0.0438 e. The van der Waals surface area contributed by atoms with Crippen LogP contribution < -0.4 is 5.32 Å². The van der Waals surface area contributed by atoms with E-state index in [1.165, 1.54) is 16.7 Å². The first-order valence-electron chi connectivity index (χ1n) is 7.21. The summed E-state index contributed by atoms with van der Waals surface area (Å²) in [5.74, 6) is 0. The van der Waals surface area contributed by atoms with Gasteiger partial charge in [-0.15, -0.1) is 0 Å². The molecule has 2 aromatic rings. The molecule has 2 aromatic carbocycles. The molecule has 2 heteroatoms. The third kappa shape index (κ3) is 4.09. The van der Waals surface area contributed by atoms with E-state index in [0.717, 1.165) is 24.3 Å². The Labute approximate surface area is 127 Å². The van der Waals surface area contributed by atoms with Gasteiger partial charge in [0.2, 0.25) is 0 Å². The van der Waals surface area contributed by atoms with E-state index in [2.05, 4.69) is 42.6 Å². The Morgan fingerprint density at radius 2 is 1.60 bits per heavy atom. The fourth-order valence-corrected chi connectivity index (χ4v) is 2.61. The van der Waals surface area contributed by atoms with Crippen molar-refractivity contribution in [2.24, 2.45) is 0 Å². The number of rotatable bonds is 6. The van der Waals surface area contributed by atoms with Crippen molar-refractivity contribution in [3.8, 4) is 0 Å². The number of likely N-dealkylation sites (N-methyl/N-ethyl adjacent to an activating group) is 1. The summed E-state index contributed by atoms with van der Waals surface area (Å²) in [6.07, 6.45) is 3.06. The van der Waals surface area contributed by atoms with Crippen molar-refractivity contribution in [2.75, 3.05) is 7.05 Å². The molecule has 0 aliphatic rings. The summed E-state index contributed by atoms with van der Waals surface area (Å²) in [7, 11) is 2.02. The summed E-state index contributed by atoms with van der Waals surface area (Å²) in [5, 5.41) is 4.25. The van der Waals surface area contributed by atoms with Gasteiger partial charge in [-0.1, -0.05) is 61.0 Å². The Hall–Kier alpha value is -1.31. The standard InChI is InChI=1S/C18H22ClN/c1-3-14-8-10-15(11-9-14)12-17(20-2)13-16-6-4-5-7-18(16)19/h4-11,17,20H,3,12-13H2,1-2H3. The van der Waals surface area contributed by atoms with Crippen LogP contribution in [0.5, 0.6) is 0 Å². The van der Waals surface area contributed by atoms with E-state index in [4.69, 9.17) is 11.6 Å². The predicted molar refractivity (Wildman–Crippen MR) is 87.5 cm³/mol. The summed E-state index contributed by atoms with van der Waals surface area (Å²) in [6.45, 7) is 2.18. The summed E-state index contributed by atoms with van der Waals surface area (Å²) in [5.41, 5.74) is 3.97. The van der Waals surface area contributed by atoms with Gasteiger partial charge in [-0.2, -0.15) is 0 Å². The van der Waals surface area contributed by atoms with Crippen LogP contribution in [0.3, 0.4) is 0 Å². The van der Waals surface area contributed by atoms with Crippen molar-refractivity contribution in [3.05, 3.63) is 70.2 Å². The van der Waals surface area contributed by atoms with Crippen LogP contribution in [0.25, 0.3) is 0 Å². The van der Waals surface area contributed by atoms with Crippen molar-refractivity contribution in [1.29, 1.82) is 0 Å². The molecule has 0 aliphatic carbocycles. The Bertz CT molecular complexity index is 533. The lowest BCUT2D eigenvalue weighted by atomic mass is 9.98. The molecule has 0 saturated heterocycles. The van der Waals surface area contributed by atoms with Crippen molar-refractivity contribution in [1.82, 2.24) is 5.32 Å². The molecule has 20 heavy (non-hydrogen) atoms. The topological polar surface area (TPSA) is 12.0 Å². The number of aryl methyl sites for hydroxylation is 1. The van der Waals surface area contributed by atoms with Gasteiger partial charge in [0, 0.05) is 11.1 Å². The molecule has 1 N–H and O–H groups in total. The molecule has 0 fully saturated rings. The van der Waals surface area contributed by atoms with Crippen LogP contribution in [-0.4, -0.2) is 13.1 Å². The Balaban J connectivity index is 2.03. The molecular formula is C18H22ClN. The highest BCUT2D eigenvalue weighted by molar-refractivity contribution is 6.31. The van der Waals surface area contributed by atoms with Crippen LogP contribution >= 0.6 is 11.6 Å². The average molecular weight is 288 g/mol. The maximum Gasteiger partial charge on any atom is 0.0438 e. The minimum Gasteiger partial charge on any atom is -0.316 e. The first-order chi connectivity index (χ1) is 9.72. The van der Waals surface area contributed by atoms with E-state index in [9.17, 15) is 0 Å². The normalized spacial score (nSPS) is 12.3. The van der Waals surface area contributed by atoms with Crippen LogP contribution in [0.2, 0.25) is 5.02 Å². The van der Waals surface area contributed by atoms with E-state index in [1.54, 1.807) is 0 Å². The van der Waals surface area contributed by atoms with E-state index >= 15 is 0 Å². The molecule has 0 heterocycles. The lowest BCUT2D eigenvalue weighted by Gasteiger charge is -2.17. The molecule has 0 aromatic heterocycles. The third-order valence-electron chi connectivity index (χ3n) is 3.75. The zero-order valence-electron chi connectivity index (χ0n) is 12.2. The van der Waals surface area contributed by atoms with Crippen LogP contribution in [0.15, 0.2) is 48.5 Å². The van der Waals surface area contributed by atoms with Crippen molar-refractivity contribution in [2.45, 2.75) is 32.2 Å². The second-order valence-electron chi connectivity index (χ2n) is 5.16. The maximum absolute atomic E-state index is 6.24. The van der Waals surface area contributed by atoms with Crippen LogP contribution in [0.4, 0.5) is 0 Å². The van der Waals surface area contributed by atoms with Gasteiger partial charge in [-0.05, 0) is 49.1 Å². The zero-order chi connectivity index (χ0) is 14.4. The average Bonchev–Trinajstić information content (AvgIpc) is 2.49. The molecule has 0 bridgehead atoms. The molecule has 0 saturated carbocycles. The number of halogens is 1. The Morgan fingerprint density at radius 1 is 0.950 bits per heavy atom. The molecule has 0 spiro atoms. The zero-order valence-corrected chi connectivity index (χ0v) is 13.0. The van der Waals surface area contributed by atoms with Crippen LogP contribution in [0, 0.1) is 0 Å². The monoisotopic (exact) mass is 287 g/mol. The van der Waals surface area contributed by atoms with Crippen LogP contribution in [-0.2, 0) is 19.3 Å². The Kier molecular flexibility index (Phi) is 5.63. The molecule has 1 atom stereocenters. The summed E-state index contributed by atoms with van der Waals surface area (Å²) < 4.78 is 0. The van der Waals surface area contributed by atoms with Gasteiger partial charge in [0.25, 0.3) is 0 Å². The molecule has 1 nitrogen and oxygen atoms in total. The minimum absolute atomic E-state index is 0.405. The highest BCUT2D eigenvalue weighted by atomic mass is 35.5. The summed E-state index contributed by atoms with van der Waals surface area (Å²) in [6, 6.07) is 17.4. The van der Waals surface area contributed by atoms with Gasteiger partial charge in [-0.25, -0.2) is 0 Å². The minimum atomic E-state index is 0.405. The molecule has 2 rings (SSSR count). The maximum atomic E-state index is 6.24. The van der Waals surface area contributed by atoms with Crippen molar-refractivity contribution in [3.63, 3.8) is 0 Å². The number of benzene rings is 2. The quantitative estimate of drug-likeness (QED) is 0.836. The van der Waals surface area contributed by atoms with E-state index < -0.39 is 0 Å². The van der Waals surface area contributed by atoms with Crippen molar-refractivity contribution < 1.29 is 0 Å². The van der Waals surface area contributed by atoms with Crippen molar-refractivity contribution >= 4 is 11.6 Å².